The van der Waals surface area contributed by atoms with E-state index in [4.69, 9.17) is 9.88 Å². The fraction of sp³-hybridized carbons (Fsp3) is 0.167. The number of hydrogen-bond acceptors (Lipinski definition) is 4. The minimum absolute atomic E-state index is 0.0373. The van der Waals surface area contributed by atoms with Gasteiger partial charge in [-0.25, -0.2) is 22.7 Å². The summed E-state index contributed by atoms with van der Waals surface area (Å²) in [5.74, 6) is -0.838. The van der Waals surface area contributed by atoms with Crippen molar-refractivity contribution in [2.45, 2.75) is 18.2 Å². The monoisotopic (exact) mass is 361 g/mol. The summed E-state index contributed by atoms with van der Waals surface area (Å²) in [6, 6.07) is 10.5. The maximum Gasteiger partial charge on any atom is 0.334 e. The molecule has 130 valence electrons. The second kappa shape index (κ2) is 6.42. The van der Waals surface area contributed by atoms with Crippen LogP contribution in [0.15, 0.2) is 52.9 Å². The van der Waals surface area contributed by atoms with Crippen LogP contribution in [0.3, 0.4) is 0 Å². The largest absolute Gasteiger partial charge is 0.462 e. The molecule has 25 heavy (non-hydrogen) atoms. The molecule has 2 N–H and O–H groups in total. The molecule has 5 nitrogen and oxygen atoms in total. The number of esters is 1. The molecule has 0 amide bonds. The fourth-order valence-electron chi connectivity index (χ4n) is 2.74. The van der Waals surface area contributed by atoms with Crippen LogP contribution < -0.4 is 5.14 Å². The third kappa shape index (κ3) is 3.47. The molecular formula is C18H16FNO4S. The van der Waals surface area contributed by atoms with Crippen LogP contribution in [0, 0.1) is 12.7 Å². The lowest BCUT2D eigenvalue weighted by molar-refractivity contribution is -0.135. The Labute approximate surface area is 145 Å². The van der Waals surface area contributed by atoms with E-state index in [-0.39, 0.29) is 17.3 Å². The number of sulfonamides is 1. The lowest BCUT2D eigenvalue weighted by Crippen LogP contribution is -2.12. The maximum atomic E-state index is 14.0. The number of carbonyl (C=O) groups excluding carboxylic acids is 1. The Morgan fingerprint density at radius 2 is 1.76 bits per heavy atom. The van der Waals surface area contributed by atoms with E-state index in [0.717, 1.165) is 0 Å². The second-order valence-corrected chi connectivity index (χ2v) is 7.33. The molecule has 0 saturated carbocycles. The normalized spacial score (nSPS) is 16.7. The Kier molecular flexibility index (Phi) is 4.45. The van der Waals surface area contributed by atoms with Crippen LogP contribution in [0.25, 0.3) is 5.57 Å². The lowest BCUT2D eigenvalue weighted by Gasteiger charge is -2.12. The number of cyclic esters (lactones) is 1. The molecule has 3 rings (SSSR count). The van der Waals surface area contributed by atoms with Crippen LogP contribution in [0.5, 0.6) is 0 Å². The summed E-state index contributed by atoms with van der Waals surface area (Å²) in [5.41, 5.74) is 2.57. The average Bonchev–Trinajstić information content (AvgIpc) is 2.97. The minimum atomic E-state index is -3.82. The van der Waals surface area contributed by atoms with Gasteiger partial charge < -0.3 is 4.74 Å². The van der Waals surface area contributed by atoms with E-state index in [2.05, 4.69) is 0 Å². The van der Waals surface area contributed by atoms with Gasteiger partial charge in [-0.1, -0.05) is 24.3 Å². The molecule has 1 aliphatic heterocycles. The maximum absolute atomic E-state index is 14.0. The number of hydrogen-bond donors (Lipinski definition) is 1. The van der Waals surface area contributed by atoms with Gasteiger partial charge in [0.2, 0.25) is 10.0 Å². The molecule has 0 radical (unpaired) electrons. The molecule has 0 unspecified atom stereocenters. The number of nitrogens with two attached hydrogens (primary N) is 1. The van der Waals surface area contributed by atoms with E-state index in [9.17, 15) is 17.6 Å². The Bertz CT molecular complexity index is 979. The molecular weight excluding hydrogens is 345 g/mol. The van der Waals surface area contributed by atoms with Crippen molar-refractivity contribution in [3.63, 3.8) is 0 Å². The first kappa shape index (κ1) is 17.3. The van der Waals surface area contributed by atoms with Crippen molar-refractivity contribution in [2.24, 2.45) is 5.14 Å². The zero-order valence-electron chi connectivity index (χ0n) is 13.5. The summed E-state index contributed by atoms with van der Waals surface area (Å²) >= 11 is 0. The first-order valence-corrected chi connectivity index (χ1v) is 9.12. The Balaban J connectivity index is 2.19. The molecule has 7 heteroatoms. The van der Waals surface area contributed by atoms with Crippen molar-refractivity contribution < 1.29 is 22.3 Å². The first-order chi connectivity index (χ1) is 11.8. The highest BCUT2D eigenvalue weighted by Crippen LogP contribution is 2.32. The van der Waals surface area contributed by atoms with E-state index < -0.39 is 16.0 Å². The molecule has 0 aliphatic carbocycles. The zero-order valence-corrected chi connectivity index (χ0v) is 14.3. The van der Waals surface area contributed by atoms with E-state index in [0.29, 0.717) is 34.3 Å². The van der Waals surface area contributed by atoms with E-state index >= 15 is 0 Å². The zero-order chi connectivity index (χ0) is 18.2. The second-order valence-electron chi connectivity index (χ2n) is 5.77. The van der Waals surface area contributed by atoms with Gasteiger partial charge in [0.1, 0.15) is 5.82 Å². The van der Waals surface area contributed by atoms with Gasteiger partial charge in [0.15, 0.2) is 0 Å². The third-order valence-corrected chi connectivity index (χ3v) is 4.99. The Morgan fingerprint density at radius 3 is 2.28 bits per heavy atom. The summed E-state index contributed by atoms with van der Waals surface area (Å²) in [7, 11) is -3.82. The van der Waals surface area contributed by atoms with Gasteiger partial charge in [-0.15, -0.1) is 0 Å². The number of ether oxygens (including phenoxy) is 1. The van der Waals surface area contributed by atoms with Gasteiger partial charge in [0, 0.05) is 12.0 Å². The molecule has 0 spiro atoms. The highest BCUT2D eigenvalue weighted by Gasteiger charge is 2.25. The topological polar surface area (TPSA) is 86.5 Å². The molecule has 1 aliphatic rings. The van der Waals surface area contributed by atoms with Crippen LogP contribution in [-0.4, -0.2) is 21.0 Å². The molecule has 2 aromatic rings. The van der Waals surface area contributed by atoms with Gasteiger partial charge in [-0.3, -0.25) is 0 Å². The van der Waals surface area contributed by atoms with E-state index in [1.165, 1.54) is 18.2 Å². The molecule has 0 aromatic heterocycles. The number of rotatable bonds is 3. The molecule has 1 fully saturated rings. The molecule has 2 aromatic carbocycles. The van der Waals surface area contributed by atoms with Crippen molar-refractivity contribution in [2.75, 3.05) is 6.61 Å². The molecule has 0 atom stereocenters. The fourth-order valence-corrected chi connectivity index (χ4v) is 3.25. The number of primary sulfonamides is 1. The van der Waals surface area contributed by atoms with E-state index in [1.807, 2.05) is 0 Å². The third-order valence-electron chi connectivity index (χ3n) is 4.07. The van der Waals surface area contributed by atoms with Crippen molar-refractivity contribution in [3.8, 4) is 0 Å². The number of carbonyl (C=O) groups is 1. The summed E-state index contributed by atoms with van der Waals surface area (Å²) in [4.78, 5) is 12.0. The summed E-state index contributed by atoms with van der Waals surface area (Å²) in [6.07, 6.45) is 0.403. The van der Waals surface area contributed by atoms with Gasteiger partial charge in [0.25, 0.3) is 0 Å². The smallest absolute Gasteiger partial charge is 0.334 e. The number of aryl methyl sites for hydroxylation is 1. The quantitative estimate of drug-likeness (QED) is 0.672. The van der Waals surface area contributed by atoms with Crippen LogP contribution in [-0.2, 0) is 19.6 Å². The van der Waals surface area contributed by atoms with Crippen LogP contribution >= 0.6 is 0 Å². The SMILES string of the molecule is Cc1ccc(C(=C2CCOC2=O)c2ccc(S(N)(=O)=O)cc2)cc1F. The standard InChI is InChI=1S/C18H16FNO4S/c1-11-2-3-13(10-16(11)19)17(15-8-9-24-18(15)21)12-4-6-14(7-5-12)25(20,22)23/h2-7,10H,8-9H2,1H3,(H2,20,22,23). The highest BCUT2D eigenvalue weighted by molar-refractivity contribution is 7.89. The first-order valence-electron chi connectivity index (χ1n) is 7.57. The van der Waals surface area contributed by atoms with Crippen molar-refractivity contribution in [1.29, 1.82) is 0 Å². The Morgan fingerprint density at radius 1 is 1.12 bits per heavy atom. The number of benzene rings is 2. The Hall–Kier alpha value is -2.51. The summed E-state index contributed by atoms with van der Waals surface area (Å²) < 4.78 is 41.9. The van der Waals surface area contributed by atoms with Crippen molar-refractivity contribution in [3.05, 3.63) is 70.5 Å². The highest BCUT2D eigenvalue weighted by atomic mass is 32.2. The minimum Gasteiger partial charge on any atom is -0.462 e. The van der Waals surface area contributed by atoms with Gasteiger partial charge in [0.05, 0.1) is 11.5 Å². The van der Waals surface area contributed by atoms with Crippen LogP contribution in [0.1, 0.15) is 23.1 Å². The molecule has 1 heterocycles. The average molecular weight is 361 g/mol. The predicted molar refractivity (Wildman–Crippen MR) is 90.6 cm³/mol. The predicted octanol–water partition coefficient (Wildman–Crippen LogP) is 2.53. The van der Waals surface area contributed by atoms with Crippen LogP contribution in [0.2, 0.25) is 0 Å². The van der Waals surface area contributed by atoms with E-state index in [1.54, 1.807) is 31.2 Å². The number of halogens is 1. The van der Waals surface area contributed by atoms with Gasteiger partial charge in [-0.2, -0.15) is 0 Å². The summed E-state index contributed by atoms with van der Waals surface area (Å²) in [5, 5.41) is 5.11. The van der Waals surface area contributed by atoms with Crippen molar-refractivity contribution >= 4 is 21.6 Å². The molecule has 1 saturated heterocycles. The van der Waals surface area contributed by atoms with Gasteiger partial charge >= 0.3 is 5.97 Å². The van der Waals surface area contributed by atoms with Gasteiger partial charge in [-0.05, 0) is 47.4 Å². The lowest BCUT2D eigenvalue weighted by atomic mass is 9.91. The molecule has 0 bridgehead atoms. The summed E-state index contributed by atoms with van der Waals surface area (Å²) in [6.45, 7) is 1.91. The van der Waals surface area contributed by atoms with Crippen LogP contribution in [0.4, 0.5) is 4.39 Å². The van der Waals surface area contributed by atoms with Crippen molar-refractivity contribution in [1.82, 2.24) is 0 Å².